The van der Waals surface area contributed by atoms with E-state index in [1.165, 1.54) is 0 Å². The monoisotopic (exact) mass is 464 g/mol. The minimum atomic E-state index is -1.13. The molecule has 0 aliphatic carbocycles. The first-order valence-corrected chi connectivity index (χ1v) is 11.1. The second-order valence-corrected chi connectivity index (χ2v) is 8.70. The average molecular weight is 465 g/mol. The van der Waals surface area contributed by atoms with E-state index in [2.05, 4.69) is 5.32 Å². The van der Waals surface area contributed by atoms with E-state index in [0.717, 1.165) is 5.56 Å². The molecule has 3 aromatic carbocycles. The summed E-state index contributed by atoms with van der Waals surface area (Å²) < 4.78 is 0. The Morgan fingerprint density at radius 3 is 2.45 bits per heavy atom. The Bertz CT molecular complexity index is 1230. The van der Waals surface area contributed by atoms with Crippen molar-refractivity contribution in [1.29, 1.82) is 0 Å². The van der Waals surface area contributed by atoms with Gasteiger partial charge in [-0.25, -0.2) is 0 Å². The lowest BCUT2D eigenvalue weighted by Gasteiger charge is -2.24. The summed E-state index contributed by atoms with van der Waals surface area (Å²) in [5, 5.41) is 24.1. The molecule has 1 aliphatic rings. The number of aliphatic hydroxyl groups excluding tert-OH is 2. The fourth-order valence-corrected chi connectivity index (χ4v) is 4.30. The molecule has 1 aliphatic heterocycles. The first kappa shape index (κ1) is 23.0. The van der Waals surface area contributed by atoms with Crippen LogP contribution in [0.2, 0.25) is 5.02 Å². The Labute approximate surface area is 197 Å². The van der Waals surface area contributed by atoms with Gasteiger partial charge in [0.25, 0.3) is 11.8 Å². The summed E-state index contributed by atoms with van der Waals surface area (Å²) in [5.41, 5.74) is 4.16. The van der Waals surface area contributed by atoms with Crippen molar-refractivity contribution in [3.63, 3.8) is 0 Å². The highest BCUT2D eigenvalue weighted by molar-refractivity contribution is 6.30. The standard InChI is InChI=1S/C26H25ClN2O4/c1-15-5-3-4-6-19(15)25(32)28-18-8-9-20(16(2)13-18)26(33)29-12-11-23(30)24(31)21-14-17(27)7-10-22(21)29/h3-10,13-14,23-24,30-31H,11-12H2,1-2H3,(H,28,32)/t23-,24+/m1/s1. The molecule has 2 atom stereocenters. The average Bonchev–Trinajstić information content (AvgIpc) is 2.90. The van der Waals surface area contributed by atoms with Crippen LogP contribution in [0.3, 0.4) is 0 Å². The van der Waals surface area contributed by atoms with Gasteiger partial charge in [0, 0.05) is 39.6 Å². The summed E-state index contributed by atoms with van der Waals surface area (Å²) in [6.45, 7) is 3.93. The van der Waals surface area contributed by atoms with Crippen molar-refractivity contribution < 1.29 is 19.8 Å². The van der Waals surface area contributed by atoms with E-state index in [0.29, 0.717) is 38.7 Å². The molecule has 0 fully saturated rings. The predicted molar refractivity (Wildman–Crippen MR) is 129 cm³/mol. The maximum absolute atomic E-state index is 13.5. The van der Waals surface area contributed by atoms with E-state index in [9.17, 15) is 19.8 Å². The van der Waals surface area contributed by atoms with Gasteiger partial charge in [-0.3, -0.25) is 9.59 Å². The summed E-state index contributed by atoms with van der Waals surface area (Å²) in [7, 11) is 0. The molecule has 2 amide bonds. The summed E-state index contributed by atoms with van der Waals surface area (Å²) in [5.74, 6) is -0.470. The Hall–Kier alpha value is -3.19. The van der Waals surface area contributed by atoms with Gasteiger partial charge in [0.2, 0.25) is 0 Å². The normalized spacial score (nSPS) is 17.8. The van der Waals surface area contributed by atoms with Crippen LogP contribution in [0.25, 0.3) is 0 Å². The summed E-state index contributed by atoms with van der Waals surface area (Å²) in [6, 6.07) is 17.4. The predicted octanol–water partition coefficient (Wildman–Crippen LogP) is 4.65. The summed E-state index contributed by atoms with van der Waals surface area (Å²) in [4.78, 5) is 27.7. The molecule has 0 radical (unpaired) electrons. The van der Waals surface area contributed by atoms with Gasteiger partial charge < -0.3 is 20.4 Å². The molecule has 0 bridgehead atoms. The Balaban J connectivity index is 1.61. The third-order valence-electron chi connectivity index (χ3n) is 5.96. The largest absolute Gasteiger partial charge is 0.390 e. The van der Waals surface area contributed by atoms with Crippen LogP contribution < -0.4 is 10.2 Å². The molecule has 0 unspecified atom stereocenters. The second kappa shape index (κ2) is 9.35. The molecule has 0 spiro atoms. The minimum Gasteiger partial charge on any atom is -0.390 e. The highest BCUT2D eigenvalue weighted by atomic mass is 35.5. The number of hydrogen-bond acceptors (Lipinski definition) is 4. The molecule has 7 heteroatoms. The third kappa shape index (κ3) is 4.64. The highest BCUT2D eigenvalue weighted by Crippen LogP contribution is 2.36. The fraction of sp³-hybridized carbons (Fsp3) is 0.231. The molecule has 0 saturated heterocycles. The molecule has 3 aromatic rings. The highest BCUT2D eigenvalue weighted by Gasteiger charge is 2.31. The van der Waals surface area contributed by atoms with Gasteiger partial charge in [0.05, 0.1) is 6.10 Å². The van der Waals surface area contributed by atoms with Crippen LogP contribution in [-0.2, 0) is 0 Å². The van der Waals surface area contributed by atoms with Gasteiger partial charge in [-0.1, -0.05) is 29.8 Å². The lowest BCUT2D eigenvalue weighted by Crippen LogP contribution is -2.33. The maximum Gasteiger partial charge on any atom is 0.258 e. The Morgan fingerprint density at radius 2 is 1.73 bits per heavy atom. The number of carbonyl (C=O) groups is 2. The van der Waals surface area contributed by atoms with Gasteiger partial charge in [-0.15, -0.1) is 0 Å². The topological polar surface area (TPSA) is 89.9 Å². The number of aliphatic hydroxyl groups is 2. The number of amides is 2. The van der Waals surface area contributed by atoms with Gasteiger partial charge in [-0.05, 0) is 73.9 Å². The molecular formula is C26H25ClN2O4. The first-order valence-electron chi connectivity index (χ1n) is 10.7. The van der Waals surface area contributed by atoms with Crippen molar-refractivity contribution in [1.82, 2.24) is 0 Å². The van der Waals surface area contributed by atoms with Crippen LogP contribution in [0.5, 0.6) is 0 Å². The number of carbonyl (C=O) groups excluding carboxylic acids is 2. The van der Waals surface area contributed by atoms with Crippen molar-refractivity contribution in [3.05, 3.63) is 93.5 Å². The van der Waals surface area contributed by atoms with E-state index in [-0.39, 0.29) is 24.8 Å². The second-order valence-electron chi connectivity index (χ2n) is 8.26. The summed E-state index contributed by atoms with van der Waals surface area (Å²) >= 11 is 6.09. The van der Waals surface area contributed by atoms with E-state index < -0.39 is 12.2 Å². The van der Waals surface area contributed by atoms with Crippen LogP contribution >= 0.6 is 11.6 Å². The minimum absolute atomic E-state index is 0.215. The number of aryl methyl sites for hydroxylation is 2. The van der Waals surface area contributed by atoms with Crippen molar-refractivity contribution in [3.8, 4) is 0 Å². The number of fused-ring (bicyclic) bond motifs is 1. The number of nitrogens with one attached hydrogen (secondary N) is 1. The lowest BCUT2D eigenvalue weighted by atomic mass is 10.0. The molecule has 170 valence electrons. The first-order chi connectivity index (χ1) is 15.8. The van der Waals surface area contributed by atoms with Crippen LogP contribution in [0.1, 0.15) is 49.9 Å². The molecule has 3 N–H and O–H groups in total. The summed E-state index contributed by atoms with van der Waals surface area (Å²) in [6.07, 6.45) is -1.90. The van der Waals surface area contributed by atoms with E-state index in [4.69, 9.17) is 11.6 Å². The number of hydrogen-bond donors (Lipinski definition) is 3. The molecule has 0 saturated carbocycles. The van der Waals surface area contributed by atoms with Gasteiger partial charge in [-0.2, -0.15) is 0 Å². The number of benzene rings is 3. The third-order valence-corrected chi connectivity index (χ3v) is 6.20. The lowest BCUT2D eigenvalue weighted by molar-refractivity contribution is 0.0176. The Kier molecular flexibility index (Phi) is 6.51. The van der Waals surface area contributed by atoms with E-state index in [1.54, 1.807) is 54.3 Å². The van der Waals surface area contributed by atoms with Crippen molar-refractivity contribution in [2.24, 2.45) is 0 Å². The molecule has 4 rings (SSSR count). The van der Waals surface area contributed by atoms with Gasteiger partial charge in [0.1, 0.15) is 6.10 Å². The van der Waals surface area contributed by atoms with E-state index >= 15 is 0 Å². The quantitative estimate of drug-likeness (QED) is 0.526. The van der Waals surface area contributed by atoms with Crippen molar-refractivity contribution in [2.45, 2.75) is 32.5 Å². The molecule has 6 nitrogen and oxygen atoms in total. The smallest absolute Gasteiger partial charge is 0.258 e. The van der Waals surface area contributed by atoms with Crippen LogP contribution in [0, 0.1) is 13.8 Å². The van der Waals surface area contributed by atoms with Crippen LogP contribution in [0.15, 0.2) is 60.7 Å². The zero-order chi connectivity index (χ0) is 23.7. The number of halogens is 1. The fourth-order valence-electron chi connectivity index (χ4n) is 4.12. The zero-order valence-corrected chi connectivity index (χ0v) is 19.1. The number of rotatable bonds is 3. The van der Waals surface area contributed by atoms with Crippen LogP contribution in [-0.4, -0.2) is 34.7 Å². The maximum atomic E-state index is 13.5. The molecule has 33 heavy (non-hydrogen) atoms. The van der Waals surface area contributed by atoms with E-state index in [1.807, 2.05) is 25.1 Å². The van der Waals surface area contributed by atoms with Crippen LogP contribution in [0.4, 0.5) is 11.4 Å². The molecular weight excluding hydrogens is 440 g/mol. The Morgan fingerprint density at radius 1 is 0.970 bits per heavy atom. The molecule has 1 heterocycles. The molecule has 0 aromatic heterocycles. The van der Waals surface area contributed by atoms with Crippen molar-refractivity contribution in [2.75, 3.05) is 16.8 Å². The van der Waals surface area contributed by atoms with Crippen molar-refractivity contribution >= 4 is 34.8 Å². The number of nitrogens with zero attached hydrogens (tertiary/aromatic N) is 1. The zero-order valence-electron chi connectivity index (χ0n) is 18.4. The number of anilines is 2. The van der Waals surface area contributed by atoms with Gasteiger partial charge >= 0.3 is 0 Å². The van der Waals surface area contributed by atoms with Gasteiger partial charge in [0.15, 0.2) is 0 Å². The SMILES string of the molecule is Cc1ccccc1C(=O)Nc1ccc(C(=O)N2CC[C@@H](O)[C@@H](O)c3cc(Cl)ccc32)c(C)c1.